The molecule has 2 aromatic carbocycles. The SMILES string of the molecule is O=C(CC(NC(=O)OCC1c2ccccc2-c2ccccc21)C(F)F)NC[C@@H]1C[C@H](C(=O)O)CO1. The van der Waals surface area contributed by atoms with E-state index in [4.69, 9.17) is 14.6 Å². The monoisotopic (exact) mass is 488 g/mol. The molecule has 1 fully saturated rings. The van der Waals surface area contributed by atoms with Crippen molar-refractivity contribution in [1.29, 1.82) is 0 Å². The number of alkyl carbamates (subject to hydrolysis) is 1. The van der Waals surface area contributed by atoms with E-state index in [0.717, 1.165) is 22.3 Å². The van der Waals surface area contributed by atoms with Crippen molar-refractivity contribution in [2.75, 3.05) is 19.8 Å². The van der Waals surface area contributed by atoms with Crippen LogP contribution in [-0.2, 0) is 19.1 Å². The maximum Gasteiger partial charge on any atom is 0.407 e. The highest BCUT2D eigenvalue weighted by atomic mass is 19.3. The number of amides is 2. The first kappa shape index (κ1) is 24.6. The molecule has 2 aromatic rings. The minimum absolute atomic E-state index is 0.00349. The summed E-state index contributed by atoms with van der Waals surface area (Å²) in [4.78, 5) is 35.4. The number of rotatable bonds is 9. The lowest BCUT2D eigenvalue weighted by molar-refractivity contribution is -0.141. The standard InChI is InChI=1S/C25H26F2N2O6/c26-23(27)21(10-22(30)28-11-15-9-14(12-34-15)24(31)32)29-25(33)35-13-20-18-7-3-1-5-16(18)17-6-2-4-8-19(17)20/h1-8,14-15,20-21,23H,9-13H2,(H,28,30)(H,29,33)(H,31,32)/t14-,15-,21?/m0/s1. The van der Waals surface area contributed by atoms with Crippen molar-refractivity contribution in [3.8, 4) is 11.1 Å². The summed E-state index contributed by atoms with van der Waals surface area (Å²) in [6.45, 7) is 0.00810. The quantitative estimate of drug-likeness (QED) is 0.500. The van der Waals surface area contributed by atoms with Crippen LogP contribution < -0.4 is 10.6 Å². The van der Waals surface area contributed by atoms with Gasteiger partial charge in [-0.15, -0.1) is 0 Å². The van der Waals surface area contributed by atoms with Crippen LogP contribution >= 0.6 is 0 Å². The first-order chi connectivity index (χ1) is 16.8. The number of carboxylic acids is 1. The molecule has 10 heteroatoms. The Morgan fingerprint density at radius 1 is 1.06 bits per heavy atom. The summed E-state index contributed by atoms with van der Waals surface area (Å²) in [5.74, 6) is -2.57. The van der Waals surface area contributed by atoms with Crippen LogP contribution in [0.25, 0.3) is 11.1 Å². The van der Waals surface area contributed by atoms with Gasteiger partial charge in [-0.1, -0.05) is 48.5 Å². The van der Waals surface area contributed by atoms with Gasteiger partial charge in [-0.25, -0.2) is 13.6 Å². The lowest BCUT2D eigenvalue weighted by Gasteiger charge is -2.19. The fraction of sp³-hybridized carbons (Fsp3) is 0.400. The zero-order valence-corrected chi connectivity index (χ0v) is 18.8. The summed E-state index contributed by atoms with van der Waals surface area (Å²) in [6, 6.07) is 13.8. The smallest absolute Gasteiger partial charge is 0.407 e. The highest BCUT2D eigenvalue weighted by Crippen LogP contribution is 2.44. The molecule has 1 aliphatic carbocycles. The third-order valence-corrected chi connectivity index (χ3v) is 6.31. The minimum atomic E-state index is -2.99. The third-order valence-electron chi connectivity index (χ3n) is 6.31. The number of alkyl halides is 2. The van der Waals surface area contributed by atoms with Gasteiger partial charge in [0.05, 0.1) is 25.0 Å². The van der Waals surface area contributed by atoms with Crippen LogP contribution in [0.1, 0.15) is 29.9 Å². The molecule has 186 valence electrons. The Morgan fingerprint density at radius 2 is 1.69 bits per heavy atom. The van der Waals surface area contributed by atoms with Gasteiger partial charge in [0.25, 0.3) is 6.43 Å². The average Bonchev–Trinajstić information content (AvgIpc) is 3.44. The fourth-order valence-corrected chi connectivity index (χ4v) is 4.51. The second kappa shape index (κ2) is 10.8. The molecule has 1 heterocycles. The molecular formula is C25H26F2N2O6. The zero-order chi connectivity index (χ0) is 24.9. The number of fused-ring (bicyclic) bond motifs is 3. The van der Waals surface area contributed by atoms with Gasteiger partial charge in [-0.2, -0.15) is 0 Å². The number of hydrogen-bond donors (Lipinski definition) is 3. The summed E-state index contributed by atoms with van der Waals surface area (Å²) in [5, 5.41) is 13.5. The maximum atomic E-state index is 13.5. The molecule has 1 saturated heterocycles. The Kier molecular flexibility index (Phi) is 7.60. The Balaban J connectivity index is 1.28. The fourth-order valence-electron chi connectivity index (χ4n) is 4.51. The molecule has 0 saturated carbocycles. The van der Waals surface area contributed by atoms with Crippen molar-refractivity contribution in [2.24, 2.45) is 5.92 Å². The number of carbonyl (C=O) groups is 3. The van der Waals surface area contributed by atoms with Crippen molar-refractivity contribution >= 4 is 18.0 Å². The number of nitrogens with one attached hydrogen (secondary N) is 2. The minimum Gasteiger partial charge on any atom is -0.481 e. The molecule has 0 aromatic heterocycles. The molecule has 4 rings (SSSR count). The second-order valence-corrected chi connectivity index (χ2v) is 8.65. The highest BCUT2D eigenvalue weighted by molar-refractivity contribution is 5.79. The van der Waals surface area contributed by atoms with Gasteiger partial charge in [0, 0.05) is 12.5 Å². The summed E-state index contributed by atoms with van der Waals surface area (Å²) < 4.78 is 37.6. The maximum absolute atomic E-state index is 13.5. The van der Waals surface area contributed by atoms with Crippen LogP contribution in [0.2, 0.25) is 0 Å². The Labute approximate surface area is 200 Å². The van der Waals surface area contributed by atoms with Gasteiger partial charge in [-0.3, -0.25) is 9.59 Å². The molecule has 0 radical (unpaired) electrons. The number of carboxylic acid groups (broad SMARTS) is 1. The van der Waals surface area contributed by atoms with E-state index in [9.17, 15) is 23.2 Å². The number of benzene rings is 2. The summed E-state index contributed by atoms with van der Waals surface area (Å²) in [6.07, 6.45) is -4.95. The molecule has 2 aliphatic rings. The van der Waals surface area contributed by atoms with Gasteiger partial charge in [0.1, 0.15) is 12.6 Å². The number of halogens is 2. The molecule has 8 nitrogen and oxygen atoms in total. The van der Waals surface area contributed by atoms with E-state index < -0.39 is 48.9 Å². The van der Waals surface area contributed by atoms with Gasteiger partial charge in [-0.05, 0) is 28.7 Å². The van der Waals surface area contributed by atoms with E-state index >= 15 is 0 Å². The number of carbonyl (C=O) groups excluding carboxylic acids is 2. The molecular weight excluding hydrogens is 462 g/mol. The van der Waals surface area contributed by atoms with Crippen LogP contribution in [-0.4, -0.2) is 61.4 Å². The molecule has 2 amide bonds. The molecule has 3 atom stereocenters. The van der Waals surface area contributed by atoms with E-state index in [2.05, 4.69) is 10.6 Å². The predicted octanol–water partition coefficient (Wildman–Crippen LogP) is 3.15. The number of aliphatic carboxylic acids is 1. The number of hydrogen-bond acceptors (Lipinski definition) is 5. The van der Waals surface area contributed by atoms with Crippen molar-refractivity contribution in [1.82, 2.24) is 10.6 Å². The van der Waals surface area contributed by atoms with Gasteiger partial charge >= 0.3 is 12.1 Å². The Bertz CT molecular complexity index is 1050. The summed E-state index contributed by atoms with van der Waals surface area (Å²) in [7, 11) is 0. The van der Waals surface area contributed by atoms with Crippen molar-refractivity contribution in [2.45, 2.75) is 37.3 Å². The first-order valence-electron chi connectivity index (χ1n) is 11.3. The molecule has 0 spiro atoms. The third kappa shape index (κ3) is 5.76. The molecule has 0 bridgehead atoms. The lowest BCUT2D eigenvalue weighted by atomic mass is 9.98. The average molecular weight is 488 g/mol. The largest absolute Gasteiger partial charge is 0.481 e. The lowest BCUT2D eigenvalue weighted by Crippen LogP contribution is -2.44. The molecule has 1 aliphatic heterocycles. The normalized spacial score (nSPS) is 19.6. The Morgan fingerprint density at radius 3 is 2.26 bits per heavy atom. The van der Waals surface area contributed by atoms with E-state index in [1.54, 1.807) is 0 Å². The second-order valence-electron chi connectivity index (χ2n) is 8.65. The Hall–Kier alpha value is -3.53. The van der Waals surface area contributed by atoms with E-state index in [0.29, 0.717) is 0 Å². The van der Waals surface area contributed by atoms with Crippen molar-refractivity contribution < 1.29 is 37.7 Å². The van der Waals surface area contributed by atoms with Crippen molar-refractivity contribution in [3.05, 3.63) is 59.7 Å². The van der Waals surface area contributed by atoms with Crippen LogP contribution in [0.4, 0.5) is 13.6 Å². The van der Waals surface area contributed by atoms with Crippen LogP contribution in [0.15, 0.2) is 48.5 Å². The van der Waals surface area contributed by atoms with Crippen LogP contribution in [0.5, 0.6) is 0 Å². The van der Waals surface area contributed by atoms with Gasteiger partial charge in [0.2, 0.25) is 5.91 Å². The van der Waals surface area contributed by atoms with Gasteiger partial charge in [0.15, 0.2) is 0 Å². The molecule has 1 unspecified atom stereocenters. The summed E-state index contributed by atoms with van der Waals surface area (Å²) in [5.41, 5.74) is 4.07. The van der Waals surface area contributed by atoms with Crippen molar-refractivity contribution in [3.63, 3.8) is 0 Å². The predicted molar refractivity (Wildman–Crippen MR) is 121 cm³/mol. The first-order valence-corrected chi connectivity index (χ1v) is 11.3. The van der Waals surface area contributed by atoms with E-state index in [-0.39, 0.29) is 32.1 Å². The van der Waals surface area contributed by atoms with Crippen LogP contribution in [0, 0.1) is 5.92 Å². The highest BCUT2D eigenvalue weighted by Gasteiger charge is 2.32. The molecule has 35 heavy (non-hydrogen) atoms. The summed E-state index contributed by atoms with van der Waals surface area (Å²) >= 11 is 0. The van der Waals surface area contributed by atoms with E-state index in [1.165, 1.54) is 0 Å². The van der Waals surface area contributed by atoms with Crippen LogP contribution in [0.3, 0.4) is 0 Å². The zero-order valence-electron chi connectivity index (χ0n) is 18.8. The van der Waals surface area contributed by atoms with Gasteiger partial charge < -0.3 is 25.2 Å². The molecule has 3 N–H and O–H groups in total. The number of ether oxygens (including phenoxy) is 2. The van der Waals surface area contributed by atoms with E-state index in [1.807, 2.05) is 48.5 Å². The topological polar surface area (TPSA) is 114 Å².